The van der Waals surface area contributed by atoms with Crippen molar-refractivity contribution in [3.8, 4) is 0 Å². The molecule has 2 unspecified atom stereocenters. The third-order valence-electron chi connectivity index (χ3n) is 10.1. The summed E-state index contributed by atoms with van der Waals surface area (Å²) in [5, 5.41) is 2.02. The lowest BCUT2D eigenvalue weighted by molar-refractivity contribution is 0.201. The molecule has 0 aliphatic carbocycles. The lowest BCUT2D eigenvalue weighted by Crippen LogP contribution is -2.68. The van der Waals surface area contributed by atoms with E-state index < -0.39 is 59.9 Å². The van der Waals surface area contributed by atoms with E-state index >= 15 is 0 Å². The van der Waals surface area contributed by atoms with E-state index in [1.165, 1.54) is 0 Å². The van der Waals surface area contributed by atoms with Gasteiger partial charge in [0, 0.05) is 0 Å². The molecule has 0 saturated carbocycles. The van der Waals surface area contributed by atoms with Crippen molar-refractivity contribution >= 4 is 70.3 Å². The Morgan fingerprint density at radius 2 is 0.750 bits per heavy atom. The van der Waals surface area contributed by atoms with Crippen molar-refractivity contribution in [2.24, 2.45) is 0 Å². The van der Waals surface area contributed by atoms with Crippen LogP contribution in [0.2, 0.25) is 69.0 Å². The number of hydrogen-bond donors (Lipinski definition) is 0. The average molecular weight is 944 g/mol. The van der Waals surface area contributed by atoms with Gasteiger partial charge >= 0.3 is 59.9 Å². The molecular weight excluding hydrogens is 873 g/mol. The van der Waals surface area contributed by atoms with E-state index in [1.807, 2.05) is 48.6 Å². The van der Waals surface area contributed by atoms with Gasteiger partial charge in [0.05, 0.1) is 39.6 Å². The third kappa shape index (κ3) is 15.5. The Kier molecular flexibility index (Phi) is 21.3. The Morgan fingerprint density at radius 3 is 1.07 bits per heavy atom. The minimum atomic E-state index is -3.22. The largest absolute Gasteiger partial charge is 0.416 e. The molecule has 330 valence electrons. The van der Waals surface area contributed by atoms with Crippen LogP contribution in [0.15, 0.2) is 149 Å². The van der Waals surface area contributed by atoms with Gasteiger partial charge in [0.15, 0.2) is 0 Å². The molecule has 1 fully saturated rings. The molecule has 1 saturated heterocycles. The third-order valence-corrected chi connectivity index (χ3v) is 38.9. The molecule has 1 aliphatic heterocycles. The zero-order valence-electron chi connectivity index (χ0n) is 36.8. The molecule has 0 amide bonds. The molecule has 0 N–H and O–H groups in total. The minimum Gasteiger partial charge on any atom is -0.416 e. The Balaban J connectivity index is 2.16. The van der Waals surface area contributed by atoms with Crippen LogP contribution in [0, 0.1) is 0 Å². The number of hydrogen-bond acceptors (Lipinski definition) is 10. The summed E-state index contributed by atoms with van der Waals surface area (Å²) in [5.41, 5.74) is 1.85. The quantitative estimate of drug-likeness (QED) is 0.0559. The SMILES string of the molecule is C=CCO[Si](C)(CC[Si]1(C)O[Si](C)(CC[Si](OCC=C)(OCC=C)c2ccccc2)O[Si](C)(C=C)O[Si](C)(CC[Si](OCC=C)(OCC=C)c2ccccc2)O1)OCC=C. The van der Waals surface area contributed by atoms with Crippen LogP contribution in [-0.4, -0.2) is 99.6 Å². The van der Waals surface area contributed by atoms with Crippen molar-refractivity contribution in [2.45, 2.75) is 69.0 Å². The van der Waals surface area contributed by atoms with E-state index in [9.17, 15) is 0 Å². The van der Waals surface area contributed by atoms with E-state index in [4.69, 9.17) is 43.0 Å². The van der Waals surface area contributed by atoms with Crippen LogP contribution in [0.1, 0.15) is 0 Å². The van der Waals surface area contributed by atoms with Crippen LogP contribution in [0.3, 0.4) is 0 Å². The van der Waals surface area contributed by atoms with E-state index in [0.717, 1.165) is 10.4 Å². The van der Waals surface area contributed by atoms with Gasteiger partial charge in [0.2, 0.25) is 0 Å². The van der Waals surface area contributed by atoms with Crippen LogP contribution < -0.4 is 10.4 Å². The summed E-state index contributed by atoms with van der Waals surface area (Å²) in [6.07, 6.45) is 10.5. The van der Waals surface area contributed by atoms with Crippen molar-refractivity contribution in [1.82, 2.24) is 0 Å². The first kappa shape index (κ1) is 52.1. The molecule has 10 nitrogen and oxygen atoms in total. The normalized spacial score (nSPS) is 23.8. The summed E-state index contributed by atoms with van der Waals surface area (Å²) in [6.45, 7) is 40.4. The highest BCUT2D eigenvalue weighted by Gasteiger charge is 2.58. The van der Waals surface area contributed by atoms with E-state index in [0.29, 0.717) is 75.9 Å². The molecular formula is C43H70O10Si7. The van der Waals surface area contributed by atoms with E-state index in [2.05, 4.69) is 96.5 Å². The monoisotopic (exact) mass is 942 g/mol. The Bertz CT molecular complexity index is 1560. The lowest BCUT2D eigenvalue weighted by Gasteiger charge is -2.50. The maximum Gasteiger partial charge on any atom is 0.372 e. The molecule has 0 bridgehead atoms. The van der Waals surface area contributed by atoms with Crippen molar-refractivity contribution in [3.05, 3.63) is 149 Å². The fraction of sp³-hybridized carbons (Fsp3) is 0.395. The van der Waals surface area contributed by atoms with Crippen molar-refractivity contribution in [3.63, 3.8) is 0 Å². The van der Waals surface area contributed by atoms with Gasteiger partial charge < -0.3 is 43.0 Å². The molecule has 1 aliphatic rings. The summed E-state index contributed by atoms with van der Waals surface area (Å²) in [4.78, 5) is 0. The van der Waals surface area contributed by atoms with Gasteiger partial charge in [0.25, 0.3) is 0 Å². The van der Waals surface area contributed by atoms with Gasteiger partial charge in [-0.3, -0.25) is 0 Å². The van der Waals surface area contributed by atoms with Gasteiger partial charge in [-0.05, 0) is 79.4 Å². The molecule has 1 heterocycles. The highest BCUT2D eigenvalue weighted by atomic mass is 28.5. The van der Waals surface area contributed by atoms with Crippen LogP contribution in [0.4, 0.5) is 0 Å². The Hall–Kier alpha value is -2.26. The van der Waals surface area contributed by atoms with Crippen LogP contribution in [0.25, 0.3) is 0 Å². The zero-order chi connectivity index (χ0) is 44.2. The van der Waals surface area contributed by atoms with Gasteiger partial charge in [-0.25, -0.2) is 0 Å². The van der Waals surface area contributed by atoms with Gasteiger partial charge in [-0.2, -0.15) is 0 Å². The molecule has 0 spiro atoms. The highest BCUT2D eigenvalue weighted by Crippen LogP contribution is 2.40. The summed E-state index contributed by atoms with van der Waals surface area (Å²) < 4.78 is 69.4. The van der Waals surface area contributed by atoms with Crippen molar-refractivity contribution in [2.75, 3.05) is 39.6 Å². The van der Waals surface area contributed by atoms with Crippen LogP contribution in [0.5, 0.6) is 0 Å². The summed E-state index contributed by atoms with van der Waals surface area (Å²) in [7, 11) is -21.7. The molecule has 0 radical (unpaired) electrons. The predicted molar refractivity (Wildman–Crippen MR) is 262 cm³/mol. The molecule has 60 heavy (non-hydrogen) atoms. The molecule has 2 aromatic carbocycles. The molecule has 2 aromatic rings. The summed E-state index contributed by atoms with van der Waals surface area (Å²) in [5.74, 6) is 0. The van der Waals surface area contributed by atoms with Gasteiger partial charge in [0.1, 0.15) is 0 Å². The number of benzene rings is 2. The Morgan fingerprint density at radius 1 is 0.450 bits per heavy atom. The second-order valence-electron chi connectivity index (χ2n) is 15.5. The zero-order valence-corrected chi connectivity index (χ0v) is 43.8. The summed E-state index contributed by atoms with van der Waals surface area (Å²) in [6, 6.07) is 23.7. The van der Waals surface area contributed by atoms with Crippen molar-refractivity contribution < 1.29 is 43.0 Å². The van der Waals surface area contributed by atoms with E-state index in [1.54, 1.807) is 36.5 Å². The fourth-order valence-corrected chi connectivity index (χ4v) is 42.9. The standard InChI is InChI=1S/C43H70O10Si7/c1-13-30-44-55(9,45-31-14-2)36-37-56(10)52-57(11,38-40-59(46-32-15-3,47-33-16-4)42-26-22-20-23-27-42)50-54(8,19-7)51-58(12,53-56)39-41-60(48-34-17-5,49-35-18-6)43-28-24-21-25-29-43/h13-29H,1-7,30-41H2,8-12H3. The Labute approximate surface area is 368 Å². The summed E-state index contributed by atoms with van der Waals surface area (Å²) >= 11 is 0. The first-order valence-corrected chi connectivity index (χ1v) is 37.2. The van der Waals surface area contributed by atoms with Crippen molar-refractivity contribution in [1.29, 1.82) is 0 Å². The fourth-order valence-electron chi connectivity index (χ4n) is 7.29. The maximum absolute atomic E-state index is 7.59. The molecule has 2 atom stereocenters. The highest BCUT2D eigenvalue weighted by molar-refractivity contribution is 6.96. The average Bonchev–Trinajstić information content (AvgIpc) is 3.24. The second kappa shape index (κ2) is 24.5. The predicted octanol–water partition coefficient (Wildman–Crippen LogP) is 9.07. The minimum absolute atomic E-state index is 0.333. The molecule has 0 aromatic heterocycles. The van der Waals surface area contributed by atoms with Crippen LogP contribution >= 0.6 is 0 Å². The second-order valence-corrected chi connectivity index (χ2v) is 39.2. The lowest BCUT2D eigenvalue weighted by atomic mass is 10.4. The van der Waals surface area contributed by atoms with Gasteiger partial charge in [-0.15, -0.1) is 46.1 Å². The van der Waals surface area contributed by atoms with Gasteiger partial charge in [-0.1, -0.05) is 103 Å². The molecule has 3 rings (SSSR count). The first-order chi connectivity index (χ1) is 28.6. The first-order valence-electron chi connectivity index (χ1n) is 20.6. The maximum atomic E-state index is 7.59. The smallest absolute Gasteiger partial charge is 0.372 e. The topological polar surface area (TPSA) is 92.3 Å². The van der Waals surface area contributed by atoms with E-state index in [-0.39, 0.29) is 0 Å². The van der Waals surface area contributed by atoms with Crippen LogP contribution in [-0.2, 0) is 43.0 Å². The number of rotatable bonds is 30. The molecule has 17 heteroatoms.